The molecular weight excluding hydrogens is 228 g/mol. The third-order valence-electron chi connectivity index (χ3n) is 2.53. The van der Waals surface area contributed by atoms with Crippen LogP contribution in [0.2, 0.25) is 0 Å². The molecule has 1 rings (SSSR count). The van der Waals surface area contributed by atoms with E-state index in [1.54, 1.807) is 0 Å². The van der Waals surface area contributed by atoms with E-state index in [4.69, 9.17) is 4.74 Å². The second kappa shape index (κ2) is 8.79. The van der Waals surface area contributed by atoms with Gasteiger partial charge in [0.15, 0.2) is 0 Å². The Morgan fingerprint density at radius 3 is 2.88 bits per heavy atom. The summed E-state index contributed by atoms with van der Waals surface area (Å²) < 4.78 is 5.31. The molecule has 1 aliphatic heterocycles. The van der Waals surface area contributed by atoms with Crippen LogP contribution < -0.4 is 10.6 Å². The third kappa shape index (κ3) is 7.04. The summed E-state index contributed by atoms with van der Waals surface area (Å²) in [6, 6.07) is 0. The van der Waals surface area contributed by atoms with E-state index in [1.165, 1.54) is 6.42 Å². The zero-order chi connectivity index (χ0) is 11.1. The fourth-order valence-corrected chi connectivity index (χ4v) is 1.62. The minimum Gasteiger partial charge on any atom is -0.378 e. The van der Waals surface area contributed by atoms with E-state index in [0.717, 1.165) is 19.6 Å². The second-order valence-corrected chi connectivity index (χ2v) is 4.33. The Bertz CT molecular complexity index is 194. The van der Waals surface area contributed by atoms with Crippen LogP contribution in [-0.4, -0.2) is 38.3 Å². The third-order valence-corrected chi connectivity index (χ3v) is 2.53. The smallest absolute Gasteiger partial charge is 0.222 e. The Hall–Kier alpha value is -0.320. The van der Waals surface area contributed by atoms with Gasteiger partial charge in [-0.25, -0.2) is 0 Å². The Balaban J connectivity index is 0.00000225. The molecule has 4 nitrogen and oxygen atoms in total. The predicted octanol–water partition coefficient (Wildman–Crippen LogP) is 0.949. The zero-order valence-corrected chi connectivity index (χ0v) is 10.9. The highest BCUT2D eigenvalue weighted by atomic mass is 35.5. The van der Waals surface area contributed by atoms with Crippen molar-refractivity contribution < 1.29 is 9.53 Å². The molecule has 1 aliphatic rings. The zero-order valence-electron chi connectivity index (χ0n) is 10.1. The van der Waals surface area contributed by atoms with Gasteiger partial charge in [-0.3, -0.25) is 4.79 Å². The van der Waals surface area contributed by atoms with E-state index in [-0.39, 0.29) is 24.4 Å². The van der Waals surface area contributed by atoms with E-state index >= 15 is 0 Å². The average Bonchev–Trinajstić information content (AvgIpc) is 2.66. The van der Waals surface area contributed by atoms with E-state index in [9.17, 15) is 4.79 Å². The molecule has 0 spiro atoms. The molecule has 0 radical (unpaired) electrons. The quantitative estimate of drug-likeness (QED) is 0.738. The summed E-state index contributed by atoms with van der Waals surface area (Å²) in [7, 11) is 0. The second-order valence-electron chi connectivity index (χ2n) is 4.33. The van der Waals surface area contributed by atoms with Crippen LogP contribution in [0.15, 0.2) is 0 Å². The van der Waals surface area contributed by atoms with Crippen molar-refractivity contribution in [3.8, 4) is 0 Å². The fraction of sp³-hybridized carbons (Fsp3) is 0.909. The molecule has 0 aromatic heterocycles. The molecule has 0 bridgehead atoms. The molecule has 5 heteroatoms. The van der Waals surface area contributed by atoms with Crippen molar-refractivity contribution in [2.45, 2.75) is 32.8 Å². The first-order chi connectivity index (χ1) is 7.18. The number of hydrogen-bond donors (Lipinski definition) is 2. The topological polar surface area (TPSA) is 50.4 Å². The number of amides is 1. The van der Waals surface area contributed by atoms with E-state index in [1.807, 2.05) is 13.8 Å². The molecule has 0 aromatic rings. The van der Waals surface area contributed by atoms with Gasteiger partial charge in [-0.15, -0.1) is 12.4 Å². The first kappa shape index (κ1) is 15.7. The van der Waals surface area contributed by atoms with Crippen LogP contribution in [0.25, 0.3) is 0 Å². The SMILES string of the molecule is CC(C)OCCC(=O)NCC1CCNC1.Cl. The van der Waals surface area contributed by atoms with Crippen molar-refractivity contribution in [3.05, 3.63) is 0 Å². The van der Waals surface area contributed by atoms with Crippen molar-refractivity contribution in [1.82, 2.24) is 10.6 Å². The van der Waals surface area contributed by atoms with Gasteiger partial charge < -0.3 is 15.4 Å². The number of ether oxygens (including phenoxy) is 1. The van der Waals surface area contributed by atoms with Gasteiger partial charge in [0.05, 0.1) is 12.7 Å². The van der Waals surface area contributed by atoms with Gasteiger partial charge in [-0.2, -0.15) is 0 Å². The van der Waals surface area contributed by atoms with Crippen LogP contribution >= 0.6 is 12.4 Å². The summed E-state index contributed by atoms with van der Waals surface area (Å²) >= 11 is 0. The monoisotopic (exact) mass is 250 g/mol. The summed E-state index contributed by atoms with van der Waals surface area (Å²) in [5, 5.41) is 6.22. The van der Waals surface area contributed by atoms with Crippen molar-refractivity contribution in [1.29, 1.82) is 0 Å². The highest BCUT2D eigenvalue weighted by Gasteiger charge is 2.14. The first-order valence-corrected chi connectivity index (χ1v) is 5.77. The standard InChI is InChI=1S/C11H22N2O2.ClH/c1-9(2)15-6-4-11(14)13-8-10-3-5-12-7-10;/h9-10,12H,3-8H2,1-2H3,(H,13,14);1H. The maximum absolute atomic E-state index is 11.4. The van der Waals surface area contributed by atoms with Crippen LogP contribution in [0.4, 0.5) is 0 Å². The van der Waals surface area contributed by atoms with Gasteiger partial charge in [-0.05, 0) is 39.3 Å². The molecule has 1 saturated heterocycles. The number of halogens is 1. The van der Waals surface area contributed by atoms with E-state index < -0.39 is 0 Å². The number of carbonyl (C=O) groups excluding carboxylic acids is 1. The number of carbonyl (C=O) groups is 1. The summed E-state index contributed by atoms with van der Waals surface area (Å²) in [6.45, 7) is 7.38. The fourth-order valence-electron chi connectivity index (χ4n) is 1.62. The molecule has 16 heavy (non-hydrogen) atoms. The molecule has 1 amide bonds. The van der Waals surface area contributed by atoms with Gasteiger partial charge in [-0.1, -0.05) is 0 Å². The molecule has 1 heterocycles. The lowest BCUT2D eigenvalue weighted by Gasteiger charge is -2.11. The Kier molecular flexibility index (Phi) is 8.61. The summed E-state index contributed by atoms with van der Waals surface area (Å²) in [4.78, 5) is 11.4. The van der Waals surface area contributed by atoms with E-state index in [2.05, 4.69) is 10.6 Å². The minimum atomic E-state index is 0. The number of nitrogens with one attached hydrogen (secondary N) is 2. The van der Waals surface area contributed by atoms with Crippen LogP contribution in [0.1, 0.15) is 26.7 Å². The molecule has 96 valence electrons. The van der Waals surface area contributed by atoms with Crippen molar-refractivity contribution in [2.24, 2.45) is 5.92 Å². The highest BCUT2D eigenvalue weighted by molar-refractivity contribution is 5.85. The molecule has 0 aromatic carbocycles. The molecule has 1 fully saturated rings. The maximum atomic E-state index is 11.4. The molecule has 0 aliphatic carbocycles. The summed E-state index contributed by atoms with van der Waals surface area (Å²) in [5.41, 5.74) is 0. The van der Waals surface area contributed by atoms with Crippen molar-refractivity contribution in [3.63, 3.8) is 0 Å². The Labute approximate surface area is 104 Å². The predicted molar refractivity (Wildman–Crippen MR) is 66.9 cm³/mol. The van der Waals surface area contributed by atoms with Crippen LogP contribution in [0, 0.1) is 5.92 Å². The van der Waals surface area contributed by atoms with Crippen LogP contribution in [-0.2, 0) is 9.53 Å². The highest BCUT2D eigenvalue weighted by Crippen LogP contribution is 2.05. The van der Waals surface area contributed by atoms with Crippen molar-refractivity contribution in [2.75, 3.05) is 26.2 Å². The normalized spacial score (nSPS) is 19.6. The molecule has 2 N–H and O–H groups in total. The van der Waals surface area contributed by atoms with Gasteiger partial charge in [0, 0.05) is 13.0 Å². The number of rotatable bonds is 6. The van der Waals surface area contributed by atoms with Crippen LogP contribution in [0.3, 0.4) is 0 Å². The maximum Gasteiger partial charge on any atom is 0.222 e. The summed E-state index contributed by atoms with van der Waals surface area (Å²) in [5.74, 6) is 0.711. The number of hydrogen-bond acceptors (Lipinski definition) is 3. The Morgan fingerprint density at radius 2 is 2.31 bits per heavy atom. The molecule has 1 unspecified atom stereocenters. The average molecular weight is 251 g/mol. The molecule has 0 saturated carbocycles. The van der Waals surface area contributed by atoms with Crippen molar-refractivity contribution >= 4 is 18.3 Å². The molecular formula is C11H23ClN2O2. The first-order valence-electron chi connectivity index (χ1n) is 5.77. The lowest BCUT2D eigenvalue weighted by atomic mass is 10.1. The lowest BCUT2D eigenvalue weighted by molar-refractivity contribution is -0.122. The van der Waals surface area contributed by atoms with Gasteiger partial charge in [0.1, 0.15) is 0 Å². The van der Waals surface area contributed by atoms with E-state index in [0.29, 0.717) is 18.9 Å². The van der Waals surface area contributed by atoms with Crippen LogP contribution in [0.5, 0.6) is 0 Å². The minimum absolute atomic E-state index is 0. The van der Waals surface area contributed by atoms with Gasteiger partial charge in [0.2, 0.25) is 5.91 Å². The molecule has 1 atom stereocenters. The summed E-state index contributed by atoms with van der Waals surface area (Å²) in [6.07, 6.45) is 1.85. The van der Waals surface area contributed by atoms with Gasteiger partial charge in [0.25, 0.3) is 0 Å². The lowest BCUT2D eigenvalue weighted by Crippen LogP contribution is -2.31. The Morgan fingerprint density at radius 1 is 1.56 bits per heavy atom. The van der Waals surface area contributed by atoms with Gasteiger partial charge >= 0.3 is 0 Å². The largest absolute Gasteiger partial charge is 0.378 e.